The number of fused-ring (bicyclic) bond motifs is 1. The van der Waals surface area contributed by atoms with Crippen LogP contribution in [0.3, 0.4) is 0 Å². The highest BCUT2D eigenvalue weighted by Gasteiger charge is 2.15. The number of nitrogen functional groups attached to an aromatic ring is 1. The molecule has 1 fully saturated rings. The number of hydrogen-bond acceptors (Lipinski definition) is 4. The van der Waals surface area contributed by atoms with Crippen molar-refractivity contribution in [3.8, 4) is 11.1 Å². The van der Waals surface area contributed by atoms with Crippen molar-refractivity contribution < 1.29 is 4.79 Å². The lowest BCUT2D eigenvalue weighted by Crippen LogP contribution is -2.35. The molecule has 4 rings (SSSR count). The topological polar surface area (TPSA) is 80.0 Å². The quantitative estimate of drug-likeness (QED) is 0.580. The largest absolute Gasteiger partial charge is 0.384 e. The molecule has 29 heavy (non-hydrogen) atoms. The Bertz CT molecular complexity index is 974. The number of aromatic nitrogens is 1. The molecule has 5 nitrogen and oxygen atoms in total. The number of nitrogens with zero attached hydrogens (tertiary/aromatic N) is 1. The third-order valence-corrected chi connectivity index (χ3v) is 5.21. The Balaban J connectivity index is 0.00000150. The van der Waals surface area contributed by atoms with E-state index in [-0.39, 0.29) is 30.7 Å². The summed E-state index contributed by atoms with van der Waals surface area (Å²) in [5.41, 5.74) is 8.57. The van der Waals surface area contributed by atoms with Gasteiger partial charge in [-0.3, -0.25) is 4.79 Å². The van der Waals surface area contributed by atoms with Crippen molar-refractivity contribution in [2.24, 2.45) is 5.92 Å². The van der Waals surface area contributed by atoms with Crippen LogP contribution in [0.5, 0.6) is 0 Å². The number of rotatable bonds is 4. The van der Waals surface area contributed by atoms with Crippen LogP contribution in [0.15, 0.2) is 54.7 Å². The Labute approximate surface area is 183 Å². The van der Waals surface area contributed by atoms with Gasteiger partial charge in [0.2, 0.25) is 0 Å². The Morgan fingerprint density at radius 3 is 2.59 bits per heavy atom. The van der Waals surface area contributed by atoms with Crippen LogP contribution in [0.2, 0.25) is 0 Å². The van der Waals surface area contributed by atoms with Crippen LogP contribution < -0.4 is 16.4 Å². The molecule has 1 aliphatic rings. The minimum atomic E-state index is -0.00961. The van der Waals surface area contributed by atoms with Crippen LogP contribution in [0, 0.1) is 5.92 Å². The van der Waals surface area contributed by atoms with Gasteiger partial charge in [-0.05, 0) is 72.6 Å². The van der Waals surface area contributed by atoms with Gasteiger partial charge in [-0.1, -0.05) is 24.3 Å². The normalized spacial score (nSPS) is 13.9. The molecule has 0 saturated carbocycles. The summed E-state index contributed by atoms with van der Waals surface area (Å²) in [5.74, 6) is 1.06. The molecule has 0 radical (unpaired) electrons. The maximum Gasteiger partial charge on any atom is 0.251 e. The van der Waals surface area contributed by atoms with Crippen LogP contribution in [0.1, 0.15) is 23.2 Å². The summed E-state index contributed by atoms with van der Waals surface area (Å²) >= 11 is 0. The number of piperidine rings is 1. The fraction of sp³-hybridized carbons (Fsp3) is 0.273. The van der Waals surface area contributed by atoms with E-state index < -0.39 is 0 Å². The second kappa shape index (κ2) is 10.4. The van der Waals surface area contributed by atoms with E-state index in [9.17, 15) is 4.79 Å². The summed E-state index contributed by atoms with van der Waals surface area (Å²) in [5, 5.41) is 8.53. The van der Waals surface area contributed by atoms with Crippen LogP contribution in [0.25, 0.3) is 21.9 Å². The van der Waals surface area contributed by atoms with Gasteiger partial charge in [0.05, 0.1) is 0 Å². The zero-order valence-corrected chi connectivity index (χ0v) is 17.7. The van der Waals surface area contributed by atoms with E-state index >= 15 is 0 Å². The number of benzene rings is 2. The molecule has 0 aliphatic carbocycles. The molecule has 0 atom stereocenters. The van der Waals surface area contributed by atoms with E-state index in [1.165, 1.54) is 0 Å². The van der Waals surface area contributed by atoms with E-state index in [0.717, 1.165) is 54.4 Å². The van der Waals surface area contributed by atoms with Crippen molar-refractivity contribution in [2.45, 2.75) is 12.8 Å². The maximum absolute atomic E-state index is 12.6. The van der Waals surface area contributed by atoms with E-state index in [1.807, 2.05) is 42.5 Å². The molecule has 1 aromatic heterocycles. The molecular formula is C22H26Cl2N4O. The van der Waals surface area contributed by atoms with Crippen LogP contribution in [-0.4, -0.2) is 30.5 Å². The SMILES string of the molecule is Cl.Cl.Nc1cc2cc(-c3cccc(C(=O)NCC4CCNCC4)c3)ccc2cn1. The number of hydrogen-bond donors (Lipinski definition) is 3. The van der Waals surface area contributed by atoms with Crippen molar-refractivity contribution in [3.63, 3.8) is 0 Å². The Morgan fingerprint density at radius 2 is 1.79 bits per heavy atom. The van der Waals surface area contributed by atoms with Gasteiger partial charge in [0.1, 0.15) is 5.82 Å². The van der Waals surface area contributed by atoms with E-state index in [2.05, 4.69) is 21.7 Å². The number of anilines is 1. The fourth-order valence-corrected chi connectivity index (χ4v) is 3.60. The minimum absolute atomic E-state index is 0. The first-order valence-electron chi connectivity index (χ1n) is 9.44. The lowest BCUT2D eigenvalue weighted by Gasteiger charge is -2.22. The number of nitrogens with one attached hydrogen (secondary N) is 2. The minimum Gasteiger partial charge on any atom is -0.384 e. The smallest absolute Gasteiger partial charge is 0.251 e. The first-order chi connectivity index (χ1) is 13.2. The Hall–Kier alpha value is -2.34. The second-order valence-corrected chi connectivity index (χ2v) is 7.16. The van der Waals surface area contributed by atoms with Gasteiger partial charge in [0.25, 0.3) is 5.91 Å². The van der Waals surface area contributed by atoms with Gasteiger partial charge >= 0.3 is 0 Å². The molecule has 154 valence electrons. The monoisotopic (exact) mass is 432 g/mol. The highest BCUT2D eigenvalue weighted by molar-refractivity contribution is 5.96. The van der Waals surface area contributed by atoms with Gasteiger partial charge in [0, 0.05) is 23.7 Å². The molecular weight excluding hydrogens is 407 g/mol. The van der Waals surface area contributed by atoms with Crippen molar-refractivity contribution in [2.75, 3.05) is 25.4 Å². The average molecular weight is 433 g/mol. The summed E-state index contributed by atoms with van der Waals surface area (Å²) in [7, 11) is 0. The summed E-state index contributed by atoms with van der Waals surface area (Å²) in [6, 6.07) is 15.8. The molecule has 2 heterocycles. The first kappa shape index (κ1) is 22.9. The number of carbonyl (C=O) groups is 1. The molecule has 3 aromatic rings. The average Bonchev–Trinajstić information content (AvgIpc) is 2.72. The van der Waals surface area contributed by atoms with Gasteiger partial charge in [0.15, 0.2) is 0 Å². The molecule has 0 unspecified atom stereocenters. The Morgan fingerprint density at radius 1 is 1.03 bits per heavy atom. The fourth-order valence-electron chi connectivity index (χ4n) is 3.60. The number of pyridine rings is 1. The van der Waals surface area contributed by atoms with Crippen LogP contribution in [0.4, 0.5) is 5.82 Å². The first-order valence-corrected chi connectivity index (χ1v) is 9.44. The Kier molecular flexibility index (Phi) is 8.26. The maximum atomic E-state index is 12.6. The van der Waals surface area contributed by atoms with Crippen molar-refractivity contribution in [3.05, 3.63) is 60.3 Å². The van der Waals surface area contributed by atoms with Crippen molar-refractivity contribution in [1.29, 1.82) is 0 Å². The predicted octanol–water partition coefficient (Wildman–Crippen LogP) is 4.06. The van der Waals surface area contributed by atoms with Crippen LogP contribution in [-0.2, 0) is 0 Å². The lowest BCUT2D eigenvalue weighted by atomic mass is 9.97. The predicted molar refractivity (Wildman–Crippen MR) is 124 cm³/mol. The summed E-state index contributed by atoms with van der Waals surface area (Å²) in [6.45, 7) is 2.82. The number of carbonyl (C=O) groups excluding carboxylic acids is 1. The summed E-state index contributed by atoms with van der Waals surface area (Å²) in [4.78, 5) is 16.7. The molecule has 7 heteroatoms. The van der Waals surface area contributed by atoms with E-state index in [4.69, 9.17) is 5.73 Å². The van der Waals surface area contributed by atoms with E-state index in [1.54, 1.807) is 6.20 Å². The van der Waals surface area contributed by atoms with Crippen molar-refractivity contribution in [1.82, 2.24) is 15.6 Å². The molecule has 1 saturated heterocycles. The molecule has 0 bridgehead atoms. The lowest BCUT2D eigenvalue weighted by molar-refractivity contribution is 0.0944. The molecule has 2 aromatic carbocycles. The highest BCUT2D eigenvalue weighted by Crippen LogP contribution is 2.25. The number of halogens is 2. The van der Waals surface area contributed by atoms with Gasteiger partial charge in [-0.2, -0.15) is 0 Å². The molecule has 0 spiro atoms. The van der Waals surface area contributed by atoms with Gasteiger partial charge in [-0.25, -0.2) is 4.98 Å². The van der Waals surface area contributed by atoms with Crippen LogP contribution >= 0.6 is 24.8 Å². The number of nitrogens with two attached hydrogens (primary N) is 1. The zero-order chi connectivity index (χ0) is 18.6. The van der Waals surface area contributed by atoms with Gasteiger partial charge < -0.3 is 16.4 Å². The van der Waals surface area contributed by atoms with Gasteiger partial charge in [-0.15, -0.1) is 24.8 Å². The third-order valence-electron chi connectivity index (χ3n) is 5.21. The highest BCUT2D eigenvalue weighted by atomic mass is 35.5. The zero-order valence-electron chi connectivity index (χ0n) is 16.1. The number of amides is 1. The second-order valence-electron chi connectivity index (χ2n) is 7.16. The summed E-state index contributed by atoms with van der Waals surface area (Å²) < 4.78 is 0. The van der Waals surface area contributed by atoms with E-state index in [0.29, 0.717) is 17.3 Å². The summed E-state index contributed by atoms with van der Waals surface area (Å²) in [6.07, 6.45) is 4.02. The molecule has 1 aliphatic heterocycles. The molecule has 4 N–H and O–H groups in total. The standard InChI is InChI=1S/C22H24N4O.2ClH/c23-21-12-20-11-17(4-5-19(20)14-25-21)16-2-1-3-18(10-16)22(27)26-13-15-6-8-24-9-7-15;;/h1-5,10-12,14-15,24H,6-9,13H2,(H2,23,25)(H,26,27);2*1H. The third kappa shape index (κ3) is 5.60. The van der Waals surface area contributed by atoms with Crippen molar-refractivity contribution >= 4 is 47.3 Å². The molecule has 1 amide bonds.